The van der Waals surface area contributed by atoms with Crippen molar-refractivity contribution in [3.63, 3.8) is 0 Å². The van der Waals surface area contributed by atoms with Crippen LogP contribution in [0.1, 0.15) is 40.0 Å². The standard InChI is InChI=1S/C17H22O4/c1-10-5-7-15(20-13(4)18)11(2)6-8-16-14(9-10)12(3)17(19)21-16/h5-6,14-16H,3,7-9H2,1-2,4H3. The fourth-order valence-corrected chi connectivity index (χ4v) is 2.84. The van der Waals surface area contributed by atoms with Crippen LogP contribution in [-0.2, 0) is 19.1 Å². The van der Waals surface area contributed by atoms with Gasteiger partial charge in [-0.2, -0.15) is 0 Å². The van der Waals surface area contributed by atoms with Crippen molar-refractivity contribution in [1.29, 1.82) is 0 Å². The largest absolute Gasteiger partial charge is 0.458 e. The van der Waals surface area contributed by atoms with Crippen LogP contribution >= 0.6 is 0 Å². The molecule has 0 aromatic carbocycles. The molecule has 3 atom stereocenters. The van der Waals surface area contributed by atoms with Crippen molar-refractivity contribution in [2.24, 2.45) is 5.92 Å². The summed E-state index contributed by atoms with van der Waals surface area (Å²) in [5, 5.41) is 0. The fourth-order valence-electron chi connectivity index (χ4n) is 2.84. The summed E-state index contributed by atoms with van der Waals surface area (Å²) >= 11 is 0. The summed E-state index contributed by atoms with van der Waals surface area (Å²) in [5.74, 6) is -0.530. The van der Waals surface area contributed by atoms with Gasteiger partial charge in [0.05, 0.1) is 0 Å². The normalized spacial score (nSPS) is 30.0. The van der Waals surface area contributed by atoms with E-state index in [-0.39, 0.29) is 30.1 Å². The van der Waals surface area contributed by atoms with E-state index in [0.717, 1.165) is 17.6 Å². The van der Waals surface area contributed by atoms with Gasteiger partial charge in [0.2, 0.25) is 0 Å². The molecule has 3 unspecified atom stereocenters. The predicted octanol–water partition coefficient (Wildman–Crippen LogP) is 3.09. The second-order valence-corrected chi connectivity index (χ2v) is 5.85. The maximum atomic E-state index is 11.7. The lowest BCUT2D eigenvalue weighted by Crippen LogP contribution is -2.21. The van der Waals surface area contributed by atoms with E-state index < -0.39 is 0 Å². The molecule has 4 heteroatoms. The first-order chi connectivity index (χ1) is 9.88. The van der Waals surface area contributed by atoms with Crippen LogP contribution in [0, 0.1) is 5.92 Å². The molecular weight excluding hydrogens is 268 g/mol. The predicted molar refractivity (Wildman–Crippen MR) is 79.4 cm³/mol. The molecule has 2 aliphatic rings. The van der Waals surface area contributed by atoms with E-state index in [4.69, 9.17) is 9.47 Å². The quantitative estimate of drug-likeness (QED) is 0.423. The van der Waals surface area contributed by atoms with Crippen LogP contribution in [0.15, 0.2) is 35.5 Å². The number of hydrogen-bond donors (Lipinski definition) is 0. The van der Waals surface area contributed by atoms with E-state index in [2.05, 4.69) is 12.7 Å². The molecule has 1 heterocycles. The monoisotopic (exact) mass is 290 g/mol. The molecule has 0 aromatic rings. The molecule has 1 saturated heterocycles. The van der Waals surface area contributed by atoms with E-state index in [9.17, 15) is 9.59 Å². The van der Waals surface area contributed by atoms with E-state index in [1.807, 2.05) is 19.9 Å². The SMILES string of the molecule is C=C1C(=O)OC2CC=C(C)C(OC(C)=O)CC=C(C)CC12. The Kier molecular flexibility index (Phi) is 4.66. The number of allylic oxidation sites excluding steroid dienone is 1. The van der Waals surface area contributed by atoms with Crippen molar-refractivity contribution in [2.75, 3.05) is 0 Å². The van der Waals surface area contributed by atoms with Gasteiger partial charge in [0, 0.05) is 31.3 Å². The molecule has 4 nitrogen and oxygen atoms in total. The highest BCUT2D eigenvalue weighted by Crippen LogP contribution is 2.35. The summed E-state index contributed by atoms with van der Waals surface area (Å²) in [6, 6.07) is 0. The molecule has 0 amide bonds. The van der Waals surface area contributed by atoms with Crippen molar-refractivity contribution in [1.82, 2.24) is 0 Å². The van der Waals surface area contributed by atoms with Crippen molar-refractivity contribution >= 4 is 11.9 Å². The molecule has 0 aromatic heterocycles. The first-order valence-electron chi connectivity index (χ1n) is 7.27. The minimum Gasteiger partial charge on any atom is -0.458 e. The van der Waals surface area contributed by atoms with Crippen LogP contribution in [0.3, 0.4) is 0 Å². The summed E-state index contributed by atoms with van der Waals surface area (Å²) in [6.45, 7) is 9.25. The van der Waals surface area contributed by atoms with Crippen molar-refractivity contribution in [3.8, 4) is 0 Å². The molecular formula is C17H22O4. The summed E-state index contributed by atoms with van der Waals surface area (Å²) < 4.78 is 10.8. The second kappa shape index (κ2) is 6.29. The van der Waals surface area contributed by atoms with Crippen LogP contribution < -0.4 is 0 Å². The van der Waals surface area contributed by atoms with Gasteiger partial charge >= 0.3 is 11.9 Å². The zero-order chi connectivity index (χ0) is 15.6. The van der Waals surface area contributed by atoms with E-state index in [1.165, 1.54) is 6.92 Å². The average Bonchev–Trinajstić information content (AvgIpc) is 2.67. The Balaban J connectivity index is 2.24. The summed E-state index contributed by atoms with van der Waals surface area (Å²) in [7, 11) is 0. The van der Waals surface area contributed by atoms with Crippen molar-refractivity contribution in [3.05, 3.63) is 35.5 Å². The van der Waals surface area contributed by atoms with E-state index in [0.29, 0.717) is 18.4 Å². The molecule has 1 aliphatic carbocycles. The lowest BCUT2D eigenvalue weighted by molar-refractivity contribution is -0.144. The third-order valence-corrected chi connectivity index (χ3v) is 4.13. The van der Waals surface area contributed by atoms with Crippen molar-refractivity contribution < 1.29 is 19.1 Å². The smallest absolute Gasteiger partial charge is 0.334 e. The number of fused-ring (bicyclic) bond motifs is 1. The Morgan fingerprint density at radius 3 is 2.71 bits per heavy atom. The molecule has 0 radical (unpaired) electrons. The van der Waals surface area contributed by atoms with Gasteiger partial charge in [0.15, 0.2) is 0 Å². The van der Waals surface area contributed by atoms with Crippen LogP contribution in [0.2, 0.25) is 0 Å². The number of esters is 2. The zero-order valence-corrected chi connectivity index (χ0v) is 12.8. The Morgan fingerprint density at radius 2 is 2.05 bits per heavy atom. The van der Waals surface area contributed by atoms with Gasteiger partial charge in [-0.3, -0.25) is 4.79 Å². The number of rotatable bonds is 1. The zero-order valence-electron chi connectivity index (χ0n) is 12.8. The number of ether oxygens (including phenoxy) is 2. The molecule has 1 fully saturated rings. The van der Waals surface area contributed by atoms with Gasteiger partial charge in [-0.15, -0.1) is 0 Å². The van der Waals surface area contributed by atoms with Gasteiger partial charge < -0.3 is 9.47 Å². The van der Waals surface area contributed by atoms with Crippen LogP contribution in [0.25, 0.3) is 0 Å². The lowest BCUT2D eigenvalue weighted by atomic mass is 9.87. The second-order valence-electron chi connectivity index (χ2n) is 5.85. The third-order valence-electron chi connectivity index (χ3n) is 4.13. The van der Waals surface area contributed by atoms with Crippen LogP contribution in [0.4, 0.5) is 0 Å². The maximum absolute atomic E-state index is 11.7. The van der Waals surface area contributed by atoms with Gasteiger partial charge in [0.25, 0.3) is 0 Å². The Labute approximate surface area is 125 Å². The Bertz CT molecular complexity index is 527. The Morgan fingerprint density at radius 1 is 1.33 bits per heavy atom. The average molecular weight is 290 g/mol. The lowest BCUT2D eigenvalue weighted by Gasteiger charge is -2.22. The van der Waals surface area contributed by atoms with Gasteiger partial charge in [-0.05, 0) is 25.8 Å². The van der Waals surface area contributed by atoms with Gasteiger partial charge in [-0.1, -0.05) is 24.3 Å². The van der Waals surface area contributed by atoms with E-state index >= 15 is 0 Å². The topological polar surface area (TPSA) is 52.6 Å². The minimum atomic E-state index is -0.292. The number of carbonyl (C=O) groups is 2. The molecule has 2 rings (SSSR count). The van der Waals surface area contributed by atoms with Crippen LogP contribution in [-0.4, -0.2) is 24.1 Å². The summed E-state index contributed by atoms with van der Waals surface area (Å²) in [6.07, 6.45) is 5.72. The maximum Gasteiger partial charge on any atom is 0.334 e. The highest BCUT2D eigenvalue weighted by molar-refractivity contribution is 5.90. The first kappa shape index (κ1) is 15.5. The highest BCUT2D eigenvalue weighted by atomic mass is 16.6. The molecule has 0 bridgehead atoms. The first-order valence-corrected chi connectivity index (χ1v) is 7.27. The van der Waals surface area contributed by atoms with Gasteiger partial charge in [-0.25, -0.2) is 4.79 Å². The third kappa shape index (κ3) is 3.63. The summed E-state index contributed by atoms with van der Waals surface area (Å²) in [4.78, 5) is 22.9. The molecule has 1 aliphatic heterocycles. The number of hydrogen-bond acceptors (Lipinski definition) is 4. The van der Waals surface area contributed by atoms with Gasteiger partial charge in [0.1, 0.15) is 12.2 Å². The summed E-state index contributed by atoms with van der Waals surface area (Å²) in [5.41, 5.74) is 2.72. The molecule has 114 valence electrons. The van der Waals surface area contributed by atoms with E-state index in [1.54, 1.807) is 0 Å². The molecule has 0 N–H and O–H groups in total. The molecule has 21 heavy (non-hydrogen) atoms. The highest BCUT2D eigenvalue weighted by Gasteiger charge is 2.38. The van der Waals surface area contributed by atoms with Crippen LogP contribution in [0.5, 0.6) is 0 Å². The van der Waals surface area contributed by atoms with Crippen molar-refractivity contribution in [2.45, 2.75) is 52.2 Å². The fraction of sp³-hybridized carbons (Fsp3) is 0.529. The molecule has 0 saturated carbocycles. The minimum absolute atomic E-state index is 0.0445. The molecule has 0 spiro atoms. The Hall–Kier alpha value is -1.84. The number of carbonyl (C=O) groups excluding carboxylic acids is 2.